The number of aromatic nitrogens is 2. The van der Waals surface area contributed by atoms with Crippen molar-refractivity contribution in [2.45, 2.75) is 11.5 Å². The standard InChI is InChI=1S/C9H13N3O3S/c10-7-1-2-12(9(14)11-7)8-5-16-6(3-13)4-15-8/h1-2,6,8,13H,3-5H2,(H2,10,11,14). The molecule has 0 saturated carbocycles. The van der Waals surface area contributed by atoms with Gasteiger partial charge in [-0.1, -0.05) is 0 Å². The van der Waals surface area contributed by atoms with Crippen LogP contribution in [-0.2, 0) is 4.74 Å². The van der Waals surface area contributed by atoms with Gasteiger partial charge in [-0.2, -0.15) is 4.98 Å². The number of nitrogen functional groups attached to an aromatic ring is 1. The first kappa shape index (κ1) is 11.4. The number of hydrogen-bond donors (Lipinski definition) is 2. The first-order valence-electron chi connectivity index (χ1n) is 4.89. The lowest BCUT2D eigenvalue weighted by Crippen LogP contribution is -2.35. The molecule has 0 aromatic carbocycles. The zero-order valence-corrected chi connectivity index (χ0v) is 9.39. The zero-order valence-electron chi connectivity index (χ0n) is 8.57. The van der Waals surface area contributed by atoms with E-state index < -0.39 is 5.69 Å². The molecule has 0 spiro atoms. The SMILES string of the molecule is Nc1ccn(C2CSC(CO)CO2)c(=O)n1. The van der Waals surface area contributed by atoms with Crippen molar-refractivity contribution in [1.82, 2.24) is 9.55 Å². The number of nitrogens with zero attached hydrogens (tertiary/aromatic N) is 2. The molecule has 6 nitrogen and oxygen atoms in total. The van der Waals surface area contributed by atoms with E-state index in [1.54, 1.807) is 24.0 Å². The molecule has 0 bridgehead atoms. The van der Waals surface area contributed by atoms with Gasteiger partial charge in [0.05, 0.1) is 18.5 Å². The molecule has 0 radical (unpaired) electrons. The van der Waals surface area contributed by atoms with Crippen molar-refractivity contribution >= 4 is 17.6 Å². The summed E-state index contributed by atoms with van der Waals surface area (Å²) in [5.41, 5.74) is 4.99. The molecule has 7 heteroatoms. The monoisotopic (exact) mass is 243 g/mol. The Morgan fingerprint density at radius 2 is 2.56 bits per heavy atom. The van der Waals surface area contributed by atoms with E-state index in [0.29, 0.717) is 12.4 Å². The van der Waals surface area contributed by atoms with E-state index in [4.69, 9.17) is 15.6 Å². The van der Waals surface area contributed by atoms with Crippen molar-refractivity contribution in [1.29, 1.82) is 0 Å². The summed E-state index contributed by atoms with van der Waals surface area (Å²) in [4.78, 5) is 15.2. The van der Waals surface area contributed by atoms with Crippen LogP contribution in [0.2, 0.25) is 0 Å². The van der Waals surface area contributed by atoms with Crippen molar-refractivity contribution in [3.05, 3.63) is 22.7 Å². The predicted molar refractivity (Wildman–Crippen MR) is 61.2 cm³/mol. The third kappa shape index (κ3) is 2.37. The van der Waals surface area contributed by atoms with Gasteiger partial charge in [0.25, 0.3) is 0 Å². The van der Waals surface area contributed by atoms with Crippen LogP contribution in [0.1, 0.15) is 6.23 Å². The summed E-state index contributed by atoms with van der Waals surface area (Å²) in [6.07, 6.45) is 1.25. The third-order valence-electron chi connectivity index (χ3n) is 2.31. The molecular formula is C9H13N3O3S. The molecule has 16 heavy (non-hydrogen) atoms. The minimum absolute atomic E-state index is 0.0896. The summed E-state index contributed by atoms with van der Waals surface area (Å²) in [6, 6.07) is 1.56. The van der Waals surface area contributed by atoms with Crippen molar-refractivity contribution in [2.24, 2.45) is 0 Å². The average molecular weight is 243 g/mol. The molecule has 1 aromatic rings. The van der Waals surface area contributed by atoms with Crippen molar-refractivity contribution in [3.8, 4) is 0 Å². The lowest BCUT2D eigenvalue weighted by Gasteiger charge is -2.28. The summed E-state index contributed by atoms with van der Waals surface area (Å²) >= 11 is 1.59. The van der Waals surface area contributed by atoms with Crippen molar-refractivity contribution < 1.29 is 9.84 Å². The zero-order chi connectivity index (χ0) is 11.5. The van der Waals surface area contributed by atoms with Crippen LogP contribution in [0.5, 0.6) is 0 Å². The molecule has 1 saturated heterocycles. The predicted octanol–water partition coefficient (Wildman–Crippen LogP) is -0.552. The van der Waals surface area contributed by atoms with Crippen LogP contribution >= 0.6 is 11.8 Å². The number of aliphatic hydroxyl groups is 1. The van der Waals surface area contributed by atoms with Crippen molar-refractivity contribution in [2.75, 3.05) is 24.7 Å². The Bertz CT molecular complexity index is 415. The number of anilines is 1. The summed E-state index contributed by atoms with van der Waals surface area (Å²) in [6.45, 7) is 0.523. The topological polar surface area (TPSA) is 90.4 Å². The van der Waals surface area contributed by atoms with Crippen LogP contribution in [0.4, 0.5) is 5.82 Å². The summed E-state index contributed by atoms with van der Waals surface area (Å²) < 4.78 is 6.90. The molecular weight excluding hydrogens is 230 g/mol. The first-order chi connectivity index (χ1) is 7.70. The maximum Gasteiger partial charge on any atom is 0.351 e. The molecule has 1 fully saturated rings. The molecule has 1 aliphatic heterocycles. The van der Waals surface area contributed by atoms with E-state index in [1.807, 2.05) is 0 Å². The van der Waals surface area contributed by atoms with Gasteiger partial charge in [0.2, 0.25) is 0 Å². The highest BCUT2D eigenvalue weighted by Gasteiger charge is 2.23. The first-order valence-corrected chi connectivity index (χ1v) is 5.94. The van der Waals surface area contributed by atoms with Crippen LogP contribution in [0.25, 0.3) is 0 Å². The molecule has 1 aromatic heterocycles. The van der Waals surface area contributed by atoms with Gasteiger partial charge < -0.3 is 15.6 Å². The van der Waals surface area contributed by atoms with Crippen LogP contribution in [0, 0.1) is 0 Å². The number of thioether (sulfide) groups is 1. The van der Waals surface area contributed by atoms with Gasteiger partial charge in [-0.25, -0.2) is 4.79 Å². The second-order valence-electron chi connectivity index (χ2n) is 3.47. The molecule has 1 aliphatic rings. The van der Waals surface area contributed by atoms with Crippen LogP contribution in [-0.4, -0.2) is 38.9 Å². The third-order valence-corrected chi connectivity index (χ3v) is 3.55. The molecule has 0 amide bonds. The van der Waals surface area contributed by atoms with Gasteiger partial charge in [0.1, 0.15) is 12.0 Å². The van der Waals surface area contributed by atoms with Crippen LogP contribution in [0.3, 0.4) is 0 Å². The fraction of sp³-hybridized carbons (Fsp3) is 0.556. The molecule has 2 heterocycles. The van der Waals surface area contributed by atoms with Gasteiger partial charge in [-0.3, -0.25) is 4.57 Å². The van der Waals surface area contributed by atoms with Gasteiger partial charge in [-0.15, -0.1) is 11.8 Å². The Morgan fingerprint density at radius 3 is 3.12 bits per heavy atom. The number of ether oxygens (including phenoxy) is 1. The van der Waals surface area contributed by atoms with E-state index in [2.05, 4.69) is 4.98 Å². The second kappa shape index (κ2) is 4.86. The summed E-state index contributed by atoms with van der Waals surface area (Å²) in [5.74, 6) is 0.828. The summed E-state index contributed by atoms with van der Waals surface area (Å²) in [7, 11) is 0. The van der Waals surface area contributed by atoms with E-state index in [1.165, 1.54) is 4.57 Å². The Hall–Kier alpha value is -1.05. The molecule has 2 unspecified atom stereocenters. The Kier molecular flexibility index (Phi) is 3.47. The molecule has 2 atom stereocenters. The maximum absolute atomic E-state index is 11.5. The van der Waals surface area contributed by atoms with Crippen LogP contribution in [0.15, 0.2) is 17.1 Å². The second-order valence-corrected chi connectivity index (χ2v) is 4.80. The average Bonchev–Trinajstić information content (AvgIpc) is 2.29. The normalized spacial score (nSPS) is 25.6. The fourth-order valence-corrected chi connectivity index (χ4v) is 2.42. The van der Waals surface area contributed by atoms with Gasteiger partial charge in [0, 0.05) is 11.9 Å². The quantitative estimate of drug-likeness (QED) is 0.724. The highest BCUT2D eigenvalue weighted by Crippen LogP contribution is 2.25. The number of hydrogen-bond acceptors (Lipinski definition) is 6. The molecule has 88 valence electrons. The fourth-order valence-electron chi connectivity index (χ4n) is 1.44. The lowest BCUT2D eigenvalue weighted by molar-refractivity contribution is 0.00488. The Labute approximate surface area is 96.4 Å². The Balaban J connectivity index is 2.11. The largest absolute Gasteiger partial charge is 0.395 e. The lowest BCUT2D eigenvalue weighted by atomic mass is 10.4. The number of aliphatic hydroxyl groups excluding tert-OH is 1. The highest BCUT2D eigenvalue weighted by atomic mass is 32.2. The van der Waals surface area contributed by atoms with Crippen molar-refractivity contribution in [3.63, 3.8) is 0 Å². The molecule has 2 rings (SSSR count). The summed E-state index contributed by atoms with van der Waals surface area (Å²) in [5, 5.41) is 9.03. The van der Waals surface area contributed by atoms with E-state index in [9.17, 15) is 4.79 Å². The smallest absolute Gasteiger partial charge is 0.351 e. The highest BCUT2D eigenvalue weighted by molar-refractivity contribution is 8.00. The van der Waals surface area contributed by atoms with Gasteiger partial charge >= 0.3 is 5.69 Å². The minimum Gasteiger partial charge on any atom is -0.395 e. The van der Waals surface area contributed by atoms with E-state index in [-0.39, 0.29) is 23.9 Å². The Morgan fingerprint density at radius 1 is 1.75 bits per heavy atom. The molecule has 3 N–H and O–H groups in total. The maximum atomic E-state index is 11.5. The number of rotatable bonds is 2. The minimum atomic E-state index is -0.409. The number of nitrogens with two attached hydrogens (primary N) is 1. The van der Waals surface area contributed by atoms with Gasteiger partial charge in [-0.05, 0) is 6.07 Å². The van der Waals surface area contributed by atoms with Gasteiger partial charge in [0.15, 0.2) is 0 Å². The van der Waals surface area contributed by atoms with Crippen LogP contribution < -0.4 is 11.4 Å². The van der Waals surface area contributed by atoms with E-state index >= 15 is 0 Å². The molecule has 0 aliphatic carbocycles. The van der Waals surface area contributed by atoms with E-state index in [0.717, 1.165) is 0 Å².